The lowest BCUT2D eigenvalue weighted by molar-refractivity contribution is -0.123. The summed E-state index contributed by atoms with van der Waals surface area (Å²) in [6, 6.07) is 26.9. The molecule has 0 aromatic heterocycles. The number of hydrogen-bond acceptors (Lipinski definition) is 4. The fourth-order valence-electron chi connectivity index (χ4n) is 4.53. The molecule has 0 saturated carbocycles. The number of aryl methyl sites for hydroxylation is 2. The molecular weight excluding hydrogens is 448 g/mol. The standard InChI is InChI=1S/C31H26N2O3/c1-20-15-21(2)17-23(16-20)19-36-29-14-13-24-9-7-8-12-26(24)28(29)18-27-22(3)32-33(31(27)35)30(34)25-10-5-4-6-11-25/h4-18H,19H2,1-3H3/b27-18+. The summed E-state index contributed by atoms with van der Waals surface area (Å²) in [7, 11) is 0. The van der Waals surface area contributed by atoms with Crippen LogP contribution in [0.25, 0.3) is 16.8 Å². The highest BCUT2D eigenvalue weighted by Gasteiger charge is 2.33. The third-order valence-electron chi connectivity index (χ3n) is 6.17. The highest BCUT2D eigenvalue weighted by molar-refractivity contribution is 6.31. The van der Waals surface area contributed by atoms with Gasteiger partial charge in [-0.3, -0.25) is 9.59 Å². The average molecular weight is 475 g/mol. The molecule has 0 bridgehead atoms. The molecule has 4 aromatic rings. The lowest BCUT2D eigenvalue weighted by Gasteiger charge is -2.14. The van der Waals surface area contributed by atoms with Crippen LogP contribution in [0.2, 0.25) is 0 Å². The largest absolute Gasteiger partial charge is 0.488 e. The topological polar surface area (TPSA) is 59.0 Å². The third-order valence-corrected chi connectivity index (χ3v) is 6.17. The number of benzene rings is 4. The van der Waals surface area contributed by atoms with Crippen LogP contribution in [0, 0.1) is 13.8 Å². The molecular formula is C31H26N2O3. The van der Waals surface area contributed by atoms with Crippen molar-refractivity contribution in [1.29, 1.82) is 0 Å². The predicted molar refractivity (Wildman–Crippen MR) is 143 cm³/mol. The van der Waals surface area contributed by atoms with Crippen LogP contribution < -0.4 is 4.74 Å². The molecule has 0 unspecified atom stereocenters. The molecule has 0 spiro atoms. The number of ether oxygens (including phenoxy) is 1. The molecule has 4 aromatic carbocycles. The molecule has 178 valence electrons. The van der Waals surface area contributed by atoms with Crippen LogP contribution in [-0.4, -0.2) is 22.5 Å². The molecule has 0 atom stereocenters. The second-order valence-corrected chi connectivity index (χ2v) is 9.01. The van der Waals surface area contributed by atoms with E-state index in [2.05, 4.69) is 37.1 Å². The fourth-order valence-corrected chi connectivity index (χ4v) is 4.53. The SMILES string of the molecule is CC1=NN(C(=O)c2ccccc2)C(=O)/C1=C/c1c(OCc2cc(C)cc(C)c2)ccc2ccccc12. The van der Waals surface area contributed by atoms with Crippen LogP contribution in [0.3, 0.4) is 0 Å². The summed E-state index contributed by atoms with van der Waals surface area (Å²) in [4.78, 5) is 26.3. The van der Waals surface area contributed by atoms with Gasteiger partial charge in [-0.1, -0.05) is 77.9 Å². The number of carbonyl (C=O) groups excluding carboxylic acids is 2. The van der Waals surface area contributed by atoms with Gasteiger partial charge in [-0.15, -0.1) is 0 Å². The van der Waals surface area contributed by atoms with Gasteiger partial charge in [-0.05, 0) is 61.4 Å². The highest BCUT2D eigenvalue weighted by Crippen LogP contribution is 2.32. The molecule has 0 saturated heterocycles. The van der Waals surface area contributed by atoms with Gasteiger partial charge in [0.25, 0.3) is 11.8 Å². The number of nitrogens with zero attached hydrogens (tertiary/aromatic N) is 2. The molecule has 1 heterocycles. The van der Waals surface area contributed by atoms with E-state index >= 15 is 0 Å². The first kappa shape index (κ1) is 23.2. The van der Waals surface area contributed by atoms with Gasteiger partial charge in [0.1, 0.15) is 12.4 Å². The van der Waals surface area contributed by atoms with Gasteiger partial charge in [-0.2, -0.15) is 10.1 Å². The van der Waals surface area contributed by atoms with Crippen LogP contribution in [-0.2, 0) is 11.4 Å². The summed E-state index contributed by atoms with van der Waals surface area (Å²) >= 11 is 0. The van der Waals surface area contributed by atoms with Gasteiger partial charge in [0.05, 0.1) is 11.3 Å². The molecule has 36 heavy (non-hydrogen) atoms. The Balaban J connectivity index is 1.52. The second kappa shape index (κ2) is 9.62. The van der Waals surface area contributed by atoms with Gasteiger partial charge in [0, 0.05) is 11.1 Å². The monoisotopic (exact) mass is 474 g/mol. The lowest BCUT2D eigenvalue weighted by Crippen LogP contribution is -2.29. The van der Waals surface area contributed by atoms with E-state index < -0.39 is 11.8 Å². The molecule has 1 aliphatic rings. The number of rotatable bonds is 5. The van der Waals surface area contributed by atoms with E-state index in [0.29, 0.717) is 29.2 Å². The smallest absolute Gasteiger partial charge is 0.283 e. The lowest BCUT2D eigenvalue weighted by atomic mass is 9.99. The molecule has 0 aliphatic carbocycles. The van der Waals surface area contributed by atoms with E-state index in [1.165, 1.54) is 11.1 Å². The van der Waals surface area contributed by atoms with Crippen molar-refractivity contribution >= 4 is 34.4 Å². The molecule has 0 fully saturated rings. The van der Waals surface area contributed by atoms with Crippen LogP contribution in [0.1, 0.15) is 39.5 Å². The van der Waals surface area contributed by atoms with Crippen LogP contribution >= 0.6 is 0 Å². The Morgan fingerprint density at radius 1 is 0.889 bits per heavy atom. The summed E-state index contributed by atoms with van der Waals surface area (Å²) in [5.74, 6) is -0.240. The Kier molecular flexibility index (Phi) is 6.21. The number of fused-ring (bicyclic) bond motifs is 1. The molecule has 5 nitrogen and oxygen atoms in total. The molecule has 5 heteroatoms. The van der Waals surface area contributed by atoms with E-state index in [4.69, 9.17) is 4.74 Å². The minimum Gasteiger partial charge on any atom is -0.488 e. The maximum Gasteiger partial charge on any atom is 0.283 e. The summed E-state index contributed by atoms with van der Waals surface area (Å²) in [6.07, 6.45) is 1.79. The van der Waals surface area contributed by atoms with Gasteiger partial charge >= 0.3 is 0 Å². The number of amides is 2. The quantitative estimate of drug-likeness (QED) is 0.246. The van der Waals surface area contributed by atoms with Crippen LogP contribution in [0.5, 0.6) is 5.75 Å². The van der Waals surface area contributed by atoms with E-state index in [9.17, 15) is 9.59 Å². The van der Waals surface area contributed by atoms with E-state index in [1.54, 1.807) is 37.3 Å². The number of carbonyl (C=O) groups is 2. The maximum atomic E-state index is 13.3. The molecule has 0 radical (unpaired) electrons. The van der Waals surface area contributed by atoms with Gasteiger partial charge in [-0.25, -0.2) is 0 Å². The second-order valence-electron chi connectivity index (χ2n) is 9.01. The Labute approximate surface area is 210 Å². The summed E-state index contributed by atoms with van der Waals surface area (Å²) < 4.78 is 6.29. The Morgan fingerprint density at radius 3 is 2.33 bits per heavy atom. The summed E-state index contributed by atoms with van der Waals surface area (Å²) in [6.45, 7) is 6.28. The van der Waals surface area contributed by atoms with E-state index in [-0.39, 0.29) is 0 Å². The zero-order valence-corrected chi connectivity index (χ0v) is 20.5. The minimum absolute atomic E-state index is 0.367. The maximum absolute atomic E-state index is 13.3. The molecule has 0 N–H and O–H groups in total. The molecule has 5 rings (SSSR count). The first-order valence-electron chi connectivity index (χ1n) is 11.8. The fraction of sp³-hybridized carbons (Fsp3) is 0.129. The number of imide groups is 1. The van der Waals surface area contributed by atoms with Gasteiger partial charge in [0.2, 0.25) is 0 Å². The van der Waals surface area contributed by atoms with Crippen LogP contribution in [0.15, 0.2) is 95.6 Å². The van der Waals surface area contributed by atoms with E-state index in [1.807, 2.05) is 42.5 Å². The molecule has 1 aliphatic heterocycles. The average Bonchev–Trinajstić information content (AvgIpc) is 3.16. The zero-order valence-electron chi connectivity index (χ0n) is 20.5. The third kappa shape index (κ3) is 4.56. The summed E-state index contributed by atoms with van der Waals surface area (Å²) in [5.41, 5.74) is 5.48. The highest BCUT2D eigenvalue weighted by atomic mass is 16.5. The summed E-state index contributed by atoms with van der Waals surface area (Å²) in [5, 5.41) is 7.21. The number of hydrazone groups is 1. The Morgan fingerprint density at radius 2 is 1.58 bits per heavy atom. The van der Waals surface area contributed by atoms with Crippen molar-refractivity contribution in [2.45, 2.75) is 27.4 Å². The van der Waals surface area contributed by atoms with Crippen molar-refractivity contribution in [2.24, 2.45) is 5.10 Å². The Bertz CT molecular complexity index is 1530. The normalized spacial score (nSPS) is 14.4. The number of hydrogen-bond donors (Lipinski definition) is 0. The van der Waals surface area contributed by atoms with Crippen molar-refractivity contribution in [2.75, 3.05) is 0 Å². The van der Waals surface area contributed by atoms with Crippen molar-refractivity contribution in [3.8, 4) is 5.75 Å². The van der Waals surface area contributed by atoms with Crippen LogP contribution in [0.4, 0.5) is 0 Å². The minimum atomic E-state index is -0.451. The van der Waals surface area contributed by atoms with Crippen molar-refractivity contribution in [1.82, 2.24) is 5.01 Å². The van der Waals surface area contributed by atoms with Gasteiger partial charge < -0.3 is 4.74 Å². The molecule has 2 amide bonds. The van der Waals surface area contributed by atoms with Crippen molar-refractivity contribution in [3.63, 3.8) is 0 Å². The van der Waals surface area contributed by atoms with Crippen molar-refractivity contribution < 1.29 is 14.3 Å². The van der Waals surface area contributed by atoms with Crippen molar-refractivity contribution in [3.05, 3.63) is 118 Å². The Hall–Kier alpha value is -4.51. The first-order chi connectivity index (χ1) is 17.4. The van der Waals surface area contributed by atoms with E-state index in [0.717, 1.165) is 26.9 Å². The zero-order chi connectivity index (χ0) is 25.2. The first-order valence-corrected chi connectivity index (χ1v) is 11.8. The van der Waals surface area contributed by atoms with Gasteiger partial charge in [0.15, 0.2) is 0 Å². The predicted octanol–water partition coefficient (Wildman–Crippen LogP) is 6.48.